The van der Waals surface area contributed by atoms with Gasteiger partial charge in [0.15, 0.2) is 5.82 Å². The van der Waals surface area contributed by atoms with Crippen LogP contribution in [0.3, 0.4) is 0 Å². The van der Waals surface area contributed by atoms with Gasteiger partial charge in [0, 0.05) is 30.4 Å². The zero-order chi connectivity index (χ0) is 33.2. The van der Waals surface area contributed by atoms with Gasteiger partial charge in [-0.15, -0.1) is 0 Å². The van der Waals surface area contributed by atoms with E-state index in [1.807, 2.05) is 53.7 Å². The molecule has 2 aromatic carbocycles. The van der Waals surface area contributed by atoms with Gasteiger partial charge in [0.2, 0.25) is 0 Å². The number of halogens is 1. The fraction of sp³-hybridized carbons (Fsp3) is 0.355. The topological polar surface area (TPSA) is 158 Å². The highest BCUT2D eigenvalue weighted by Crippen LogP contribution is 2.32. The van der Waals surface area contributed by atoms with E-state index in [1.54, 1.807) is 31.4 Å². The molecular weight excluding hydrogens is 583 g/mol. The van der Waals surface area contributed by atoms with Crippen molar-refractivity contribution in [3.05, 3.63) is 93.2 Å². The SMILES string of the molecule is CC.CC.CC.CS.Cc1cc(CNC(=O)c2cc(C(=O)NC3CNc4cc(-c5n[nH]c(=O)[nH]5)ccc43)ncn2)ccc1F. The summed E-state index contributed by atoms with van der Waals surface area (Å²) in [4.78, 5) is 47.3. The van der Waals surface area contributed by atoms with Gasteiger partial charge in [-0.25, -0.2) is 24.3 Å². The Balaban J connectivity index is 0.00000112. The number of carbonyl (C=O) groups excluding carboxylic acids is 2. The molecule has 1 aliphatic rings. The molecular formula is C31H43FN8O3S. The molecule has 238 valence electrons. The first kappa shape index (κ1) is 37.5. The fourth-order valence-corrected chi connectivity index (χ4v) is 3.95. The first-order chi connectivity index (χ1) is 21.4. The third kappa shape index (κ3) is 10.0. The van der Waals surface area contributed by atoms with E-state index in [1.165, 1.54) is 12.1 Å². The molecule has 0 spiro atoms. The van der Waals surface area contributed by atoms with Crippen LogP contribution in [0, 0.1) is 12.7 Å². The molecule has 3 heterocycles. The van der Waals surface area contributed by atoms with Gasteiger partial charge in [0.05, 0.1) is 6.04 Å². The van der Waals surface area contributed by atoms with Gasteiger partial charge in [0.1, 0.15) is 23.5 Å². The second-order valence-electron chi connectivity index (χ2n) is 8.29. The molecule has 1 unspecified atom stereocenters. The summed E-state index contributed by atoms with van der Waals surface area (Å²) in [6, 6.07) is 11.1. The lowest BCUT2D eigenvalue weighted by atomic mass is 10.1. The van der Waals surface area contributed by atoms with Gasteiger partial charge in [-0.2, -0.15) is 17.7 Å². The number of fused-ring (bicyclic) bond motifs is 1. The second-order valence-corrected chi connectivity index (χ2v) is 8.29. The standard InChI is InChI=1S/C24H21FN8O3.3C2H6.CH4S/c1-12-6-13(2-5-16(12)25)9-27-22(34)18-8-19(29-11-28-18)23(35)30-20-10-26-17-7-14(3-4-15(17)20)21-31-24(36)33-32-21;4*1-2/h2-8,11,20,26H,9-10H2,1H3,(H,27,34)(H,30,35)(H2,31,32,33,36);3*1-2H3;2H,1H3. The van der Waals surface area contributed by atoms with Crippen LogP contribution in [-0.2, 0) is 6.54 Å². The molecule has 1 atom stereocenters. The maximum Gasteiger partial charge on any atom is 0.340 e. The van der Waals surface area contributed by atoms with Crippen LogP contribution >= 0.6 is 12.6 Å². The van der Waals surface area contributed by atoms with Crippen molar-refractivity contribution in [3.8, 4) is 11.4 Å². The number of thiol groups is 1. The predicted octanol–water partition coefficient (Wildman–Crippen LogP) is 5.45. The highest BCUT2D eigenvalue weighted by molar-refractivity contribution is 7.79. The number of aryl methyl sites for hydroxylation is 1. The molecule has 1 aliphatic heterocycles. The summed E-state index contributed by atoms with van der Waals surface area (Å²) < 4.78 is 13.4. The van der Waals surface area contributed by atoms with Crippen molar-refractivity contribution in [2.75, 3.05) is 18.1 Å². The molecule has 0 radical (unpaired) electrons. The number of carbonyl (C=O) groups is 2. The van der Waals surface area contributed by atoms with Crippen LogP contribution in [0.15, 0.2) is 53.6 Å². The monoisotopic (exact) mass is 626 g/mol. The zero-order valence-corrected chi connectivity index (χ0v) is 27.4. The summed E-state index contributed by atoms with van der Waals surface area (Å²) in [5.74, 6) is -0.837. The molecule has 5 N–H and O–H groups in total. The molecule has 0 bridgehead atoms. The van der Waals surface area contributed by atoms with E-state index >= 15 is 0 Å². The molecule has 44 heavy (non-hydrogen) atoms. The minimum Gasteiger partial charge on any atom is -0.382 e. The van der Waals surface area contributed by atoms with Gasteiger partial charge >= 0.3 is 5.69 Å². The maximum absolute atomic E-state index is 13.4. The van der Waals surface area contributed by atoms with Crippen LogP contribution in [0.5, 0.6) is 0 Å². The molecule has 0 saturated carbocycles. The van der Waals surface area contributed by atoms with Crippen molar-refractivity contribution in [2.24, 2.45) is 0 Å². The van der Waals surface area contributed by atoms with Crippen LogP contribution in [-0.4, -0.2) is 49.8 Å². The Kier molecular flexibility index (Phi) is 16.7. The zero-order valence-electron chi connectivity index (χ0n) is 26.5. The largest absolute Gasteiger partial charge is 0.382 e. The summed E-state index contributed by atoms with van der Waals surface area (Å²) >= 11 is 3.53. The number of nitrogens with one attached hydrogen (secondary N) is 5. The Morgan fingerprint density at radius 3 is 2.23 bits per heavy atom. The molecule has 0 fully saturated rings. The Hall–Kier alpha value is -4.52. The minimum absolute atomic E-state index is 0.0385. The molecule has 2 aromatic heterocycles. The number of amides is 2. The Bertz CT molecular complexity index is 1540. The first-order valence-corrected chi connectivity index (χ1v) is 15.4. The van der Waals surface area contributed by atoms with Crippen molar-refractivity contribution in [2.45, 2.75) is 61.1 Å². The molecule has 0 saturated heterocycles. The van der Waals surface area contributed by atoms with E-state index in [4.69, 9.17) is 0 Å². The Morgan fingerprint density at radius 1 is 0.955 bits per heavy atom. The number of aromatic nitrogens is 5. The van der Waals surface area contributed by atoms with Crippen molar-refractivity contribution in [3.63, 3.8) is 0 Å². The molecule has 5 rings (SSSR count). The fourth-order valence-electron chi connectivity index (χ4n) is 3.95. The third-order valence-electron chi connectivity index (χ3n) is 5.81. The molecule has 0 aliphatic carbocycles. The van der Waals surface area contributed by atoms with E-state index in [2.05, 4.69) is 53.7 Å². The normalized spacial score (nSPS) is 12.1. The minimum atomic E-state index is -0.481. The van der Waals surface area contributed by atoms with E-state index in [0.717, 1.165) is 23.1 Å². The number of aromatic amines is 2. The molecule has 4 aromatic rings. The van der Waals surface area contributed by atoms with Gasteiger partial charge in [0.25, 0.3) is 11.8 Å². The van der Waals surface area contributed by atoms with Crippen molar-refractivity contribution in [1.29, 1.82) is 0 Å². The van der Waals surface area contributed by atoms with Crippen molar-refractivity contribution in [1.82, 2.24) is 35.8 Å². The van der Waals surface area contributed by atoms with E-state index in [-0.39, 0.29) is 29.8 Å². The van der Waals surface area contributed by atoms with E-state index in [0.29, 0.717) is 23.5 Å². The second kappa shape index (κ2) is 19.6. The molecule has 13 heteroatoms. The Morgan fingerprint density at radius 2 is 1.61 bits per heavy atom. The van der Waals surface area contributed by atoms with Gasteiger partial charge in [-0.3, -0.25) is 14.6 Å². The third-order valence-corrected chi connectivity index (χ3v) is 5.81. The van der Waals surface area contributed by atoms with Gasteiger partial charge in [-0.05, 0) is 42.0 Å². The Labute approximate surface area is 263 Å². The summed E-state index contributed by atoms with van der Waals surface area (Å²) in [5, 5.41) is 15.1. The summed E-state index contributed by atoms with van der Waals surface area (Å²) in [5.41, 5.74) is 3.30. The van der Waals surface area contributed by atoms with Crippen LogP contribution in [0.4, 0.5) is 10.1 Å². The van der Waals surface area contributed by atoms with E-state index < -0.39 is 17.5 Å². The number of nitrogens with zero attached hydrogens (tertiary/aromatic N) is 3. The predicted molar refractivity (Wildman–Crippen MR) is 177 cm³/mol. The summed E-state index contributed by atoms with van der Waals surface area (Å²) in [6.45, 7) is 14.3. The lowest BCUT2D eigenvalue weighted by molar-refractivity contribution is 0.0934. The maximum atomic E-state index is 13.4. The number of rotatable bonds is 6. The number of H-pyrrole nitrogens is 2. The van der Waals surface area contributed by atoms with Crippen molar-refractivity contribution < 1.29 is 14.0 Å². The lowest BCUT2D eigenvalue weighted by Crippen LogP contribution is -2.31. The van der Waals surface area contributed by atoms with Crippen molar-refractivity contribution >= 4 is 30.1 Å². The first-order valence-electron chi connectivity index (χ1n) is 14.5. The van der Waals surface area contributed by atoms with Crippen LogP contribution in [0.25, 0.3) is 11.4 Å². The molecule has 11 nitrogen and oxygen atoms in total. The number of benzene rings is 2. The smallest absolute Gasteiger partial charge is 0.340 e. The van der Waals surface area contributed by atoms with Crippen LogP contribution in [0.1, 0.15) is 85.3 Å². The molecule has 2 amide bonds. The van der Waals surface area contributed by atoms with Crippen LogP contribution in [0.2, 0.25) is 0 Å². The average molecular weight is 627 g/mol. The summed E-state index contributed by atoms with van der Waals surface area (Å²) in [7, 11) is 0. The highest BCUT2D eigenvalue weighted by atomic mass is 32.1. The number of hydrogen-bond acceptors (Lipinski definition) is 8. The van der Waals surface area contributed by atoms with Crippen LogP contribution < -0.4 is 21.6 Å². The quantitative estimate of drug-likeness (QED) is 0.155. The highest BCUT2D eigenvalue weighted by Gasteiger charge is 2.25. The van der Waals surface area contributed by atoms with E-state index in [9.17, 15) is 18.8 Å². The number of anilines is 1. The van der Waals surface area contributed by atoms with Gasteiger partial charge in [-0.1, -0.05) is 65.8 Å². The van der Waals surface area contributed by atoms with Gasteiger partial charge < -0.3 is 16.0 Å². The summed E-state index contributed by atoms with van der Waals surface area (Å²) in [6.07, 6.45) is 2.85. The average Bonchev–Trinajstić information content (AvgIpc) is 3.70. The number of hydrogen-bond donors (Lipinski definition) is 6. The lowest BCUT2D eigenvalue weighted by Gasteiger charge is -2.13.